The second-order valence-corrected chi connectivity index (χ2v) is 4.91. The molecule has 92 valence electrons. The largest absolute Gasteiger partial charge is 0.477 e. The predicted octanol–water partition coefficient (Wildman–Crippen LogP) is 2.69. The third-order valence-corrected chi connectivity index (χ3v) is 3.40. The van der Waals surface area contributed by atoms with E-state index in [1.165, 1.54) is 12.3 Å². The van der Waals surface area contributed by atoms with Crippen molar-refractivity contribution in [2.75, 3.05) is 0 Å². The summed E-state index contributed by atoms with van der Waals surface area (Å²) in [5.41, 5.74) is 0.0745. The van der Waals surface area contributed by atoms with E-state index in [9.17, 15) is 9.59 Å². The number of fused-ring (bicyclic) bond motifs is 1. The summed E-state index contributed by atoms with van der Waals surface area (Å²) in [7, 11) is 0. The van der Waals surface area contributed by atoms with Crippen molar-refractivity contribution < 1.29 is 9.90 Å². The summed E-state index contributed by atoms with van der Waals surface area (Å²) in [5.74, 6) is -1.20. The van der Waals surface area contributed by atoms with Crippen LogP contribution in [-0.2, 0) is 0 Å². The lowest BCUT2D eigenvalue weighted by Gasteiger charge is -2.11. The zero-order valence-electron chi connectivity index (χ0n) is 9.39. The van der Waals surface area contributed by atoms with E-state index in [1.54, 1.807) is 12.1 Å². The van der Waals surface area contributed by atoms with Gasteiger partial charge in [0, 0.05) is 22.6 Å². The summed E-state index contributed by atoms with van der Waals surface area (Å²) in [6, 6.07) is 5.31. The molecule has 0 amide bonds. The van der Waals surface area contributed by atoms with Crippen LogP contribution >= 0.6 is 11.6 Å². The van der Waals surface area contributed by atoms with Crippen molar-refractivity contribution in [1.29, 1.82) is 0 Å². The van der Waals surface area contributed by atoms with Crippen molar-refractivity contribution in [3.63, 3.8) is 0 Å². The Labute approximate surface area is 107 Å². The molecule has 1 aromatic carbocycles. The lowest BCUT2D eigenvalue weighted by molar-refractivity contribution is 0.0695. The van der Waals surface area contributed by atoms with Crippen LogP contribution in [0.2, 0.25) is 5.02 Å². The van der Waals surface area contributed by atoms with Crippen molar-refractivity contribution >= 4 is 28.5 Å². The van der Waals surface area contributed by atoms with E-state index >= 15 is 0 Å². The number of pyridine rings is 1. The highest BCUT2D eigenvalue weighted by atomic mass is 35.5. The highest BCUT2D eigenvalue weighted by Crippen LogP contribution is 2.37. The lowest BCUT2D eigenvalue weighted by atomic mass is 10.1. The SMILES string of the molecule is O=C(O)c1cn(C2CC2)c2ccc(Cl)cc2c1=O. The van der Waals surface area contributed by atoms with Gasteiger partial charge >= 0.3 is 5.97 Å². The van der Waals surface area contributed by atoms with Gasteiger partial charge in [0.25, 0.3) is 0 Å². The monoisotopic (exact) mass is 263 g/mol. The zero-order valence-corrected chi connectivity index (χ0v) is 10.1. The maximum atomic E-state index is 12.1. The van der Waals surface area contributed by atoms with Gasteiger partial charge in [-0.15, -0.1) is 0 Å². The van der Waals surface area contributed by atoms with E-state index in [0.29, 0.717) is 16.5 Å². The molecular weight excluding hydrogens is 254 g/mol. The first kappa shape index (κ1) is 11.3. The van der Waals surface area contributed by atoms with Crippen LogP contribution in [0.25, 0.3) is 10.9 Å². The minimum absolute atomic E-state index is 0.198. The fourth-order valence-corrected chi connectivity index (χ4v) is 2.31. The third-order valence-electron chi connectivity index (χ3n) is 3.16. The molecule has 1 fully saturated rings. The van der Waals surface area contributed by atoms with E-state index in [0.717, 1.165) is 18.4 Å². The first-order chi connectivity index (χ1) is 8.58. The minimum atomic E-state index is -1.20. The smallest absolute Gasteiger partial charge is 0.341 e. The quantitative estimate of drug-likeness (QED) is 0.906. The summed E-state index contributed by atoms with van der Waals surface area (Å²) < 4.78 is 1.87. The summed E-state index contributed by atoms with van der Waals surface area (Å²) in [6.07, 6.45) is 3.47. The number of hydrogen-bond acceptors (Lipinski definition) is 2. The second-order valence-electron chi connectivity index (χ2n) is 4.48. The van der Waals surface area contributed by atoms with Gasteiger partial charge in [-0.3, -0.25) is 4.79 Å². The minimum Gasteiger partial charge on any atom is -0.477 e. The van der Waals surface area contributed by atoms with E-state index in [2.05, 4.69) is 0 Å². The number of carboxylic acids is 1. The van der Waals surface area contributed by atoms with Crippen molar-refractivity contribution in [3.8, 4) is 0 Å². The highest BCUT2D eigenvalue weighted by Gasteiger charge is 2.26. The number of aromatic nitrogens is 1. The molecule has 4 nitrogen and oxygen atoms in total. The van der Waals surface area contributed by atoms with Gasteiger partial charge in [-0.05, 0) is 31.0 Å². The maximum Gasteiger partial charge on any atom is 0.341 e. The van der Waals surface area contributed by atoms with Crippen LogP contribution in [0.4, 0.5) is 0 Å². The maximum absolute atomic E-state index is 12.1. The van der Waals surface area contributed by atoms with Gasteiger partial charge < -0.3 is 9.67 Å². The second kappa shape index (κ2) is 3.85. The van der Waals surface area contributed by atoms with Crippen LogP contribution < -0.4 is 5.43 Å². The highest BCUT2D eigenvalue weighted by molar-refractivity contribution is 6.31. The molecule has 5 heteroatoms. The Kier molecular flexibility index (Phi) is 2.41. The fourth-order valence-electron chi connectivity index (χ4n) is 2.13. The Morgan fingerprint density at radius 1 is 1.39 bits per heavy atom. The van der Waals surface area contributed by atoms with Gasteiger partial charge in [-0.2, -0.15) is 0 Å². The zero-order chi connectivity index (χ0) is 12.9. The molecule has 0 spiro atoms. The van der Waals surface area contributed by atoms with E-state index in [-0.39, 0.29) is 5.56 Å². The van der Waals surface area contributed by atoms with Crippen molar-refractivity contribution in [2.45, 2.75) is 18.9 Å². The Bertz CT molecular complexity index is 716. The number of halogens is 1. The Hall–Kier alpha value is -1.81. The first-order valence-electron chi connectivity index (χ1n) is 5.65. The van der Waals surface area contributed by atoms with Crippen LogP contribution in [0.5, 0.6) is 0 Å². The average molecular weight is 264 g/mol. The molecule has 1 aliphatic carbocycles. The van der Waals surface area contributed by atoms with Crippen molar-refractivity contribution in [1.82, 2.24) is 4.57 Å². The molecule has 2 aromatic rings. The molecule has 0 bridgehead atoms. The molecule has 18 heavy (non-hydrogen) atoms. The average Bonchev–Trinajstić information content (AvgIpc) is 3.14. The van der Waals surface area contributed by atoms with Crippen LogP contribution in [0.3, 0.4) is 0 Å². The number of aromatic carboxylic acids is 1. The Morgan fingerprint density at radius 2 is 2.11 bits per heavy atom. The normalized spacial score (nSPS) is 14.9. The topological polar surface area (TPSA) is 59.3 Å². The van der Waals surface area contributed by atoms with Gasteiger partial charge in [-0.1, -0.05) is 11.6 Å². The van der Waals surface area contributed by atoms with Gasteiger partial charge in [0.15, 0.2) is 0 Å². The van der Waals surface area contributed by atoms with Crippen LogP contribution in [-0.4, -0.2) is 15.6 Å². The van der Waals surface area contributed by atoms with E-state index in [4.69, 9.17) is 16.7 Å². The number of rotatable bonds is 2. The van der Waals surface area contributed by atoms with Gasteiger partial charge in [0.2, 0.25) is 5.43 Å². The van der Waals surface area contributed by atoms with Crippen LogP contribution in [0.1, 0.15) is 29.2 Å². The summed E-state index contributed by atoms with van der Waals surface area (Å²) in [6.45, 7) is 0. The molecule has 0 radical (unpaired) electrons. The molecule has 0 atom stereocenters. The Morgan fingerprint density at radius 3 is 2.72 bits per heavy atom. The molecule has 1 saturated carbocycles. The number of benzene rings is 1. The molecule has 0 saturated heterocycles. The number of carboxylic acid groups (broad SMARTS) is 1. The predicted molar refractivity (Wildman–Crippen MR) is 68.4 cm³/mol. The van der Waals surface area contributed by atoms with Crippen LogP contribution in [0.15, 0.2) is 29.2 Å². The molecule has 0 aliphatic heterocycles. The van der Waals surface area contributed by atoms with E-state index in [1.807, 2.05) is 4.57 Å². The molecule has 0 unspecified atom stereocenters. The molecular formula is C13H10ClNO3. The number of carbonyl (C=O) groups is 1. The molecule has 1 N–H and O–H groups in total. The summed E-state index contributed by atoms with van der Waals surface area (Å²) in [4.78, 5) is 23.2. The molecule has 1 aliphatic rings. The molecule has 1 aromatic heterocycles. The van der Waals surface area contributed by atoms with Gasteiger partial charge in [0.05, 0.1) is 5.52 Å². The molecule has 3 rings (SSSR count). The first-order valence-corrected chi connectivity index (χ1v) is 6.03. The summed E-state index contributed by atoms with van der Waals surface area (Å²) >= 11 is 5.87. The van der Waals surface area contributed by atoms with Gasteiger partial charge in [0.1, 0.15) is 5.56 Å². The number of hydrogen-bond donors (Lipinski definition) is 1. The third kappa shape index (κ3) is 1.69. The van der Waals surface area contributed by atoms with Crippen molar-refractivity contribution in [3.05, 3.63) is 45.2 Å². The summed E-state index contributed by atoms with van der Waals surface area (Å²) in [5, 5.41) is 9.88. The van der Waals surface area contributed by atoms with Crippen molar-refractivity contribution in [2.24, 2.45) is 0 Å². The lowest BCUT2D eigenvalue weighted by Crippen LogP contribution is -2.18. The standard InChI is InChI=1S/C13H10ClNO3/c14-7-1-4-11-9(5-7)12(16)10(13(17)18)6-15(11)8-2-3-8/h1,4-6,8H,2-3H2,(H,17,18). The van der Waals surface area contributed by atoms with Crippen LogP contribution in [0, 0.1) is 0 Å². The van der Waals surface area contributed by atoms with E-state index < -0.39 is 11.4 Å². The Balaban J connectivity index is 2.43. The molecule has 1 heterocycles. The fraction of sp³-hybridized carbons (Fsp3) is 0.231. The number of nitrogens with zero attached hydrogens (tertiary/aromatic N) is 1. The van der Waals surface area contributed by atoms with Gasteiger partial charge in [-0.25, -0.2) is 4.79 Å².